The lowest BCUT2D eigenvalue weighted by atomic mass is 10.2. The van der Waals surface area contributed by atoms with Gasteiger partial charge in [-0.2, -0.15) is 0 Å². The summed E-state index contributed by atoms with van der Waals surface area (Å²) < 4.78 is 27.2. The minimum absolute atomic E-state index is 0.0815. The number of sulfonamides is 1. The number of carbonyl (C=O) groups excluding carboxylic acids is 1. The molecule has 0 saturated heterocycles. The zero-order valence-electron chi connectivity index (χ0n) is 13.3. The zero-order chi connectivity index (χ0) is 17.9. The van der Waals surface area contributed by atoms with Crippen molar-refractivity contribution < 1.29 is 13.2 Å². The van der Waals surface area contributed by atoms with Crippen LogP contribution in [0.25, 0.3) is 0 Å². The van der Waals surface area contributed by atoms with Crippen molar-refractivity contribution in [3.05, 3.63) is 71.2 Å². The number of rotatable bonds is 5. The summed E-state index contributed by atoms with van der Waals surface area (Å²) in [4.78, 5) is 17.3. The lowest BCUT2D eigenvalue weighted by molar-refractivity contribution is 0.102. The summed E-state index contributed by atoms with van der Waals surface area (Å²) in [5.74, 6) is -0.339. The fraction of sp³-hybridized carbons (Fsp3) is 0.0588. The largest absolute Gasteiger partial charge is 0.298 e. The molecule has 0 spiro atoms. The minimum atomic E-state index is -3.70. The van der Waals surface area contributed by atoms with E-state index in [1.165, 1.54) is 35.6 Å². The van der Waals surface area contributed by atoms with Crippen molar-refractivity contribution in [3.8, 4) is 0 Å². The smallest absolute Gasteiger partial charge is 0.261 e. The van der Waals surface area contributed by atoms with Gasteiger partial charge in [-0.1, -0.05) is 18.2 Å². The Morgan fingerprint density at radius 3 is 2.32 bits per heavy atom. The Kier molecular flexibility index (Phi) is 4.82. The maximum Gasteiger partial charge on any atom is 0.261 e. The number of benzene rings is 2. The monoisotopic (exact) mass is 373 g/mol. The first-order valence-corrected chi connectivity index (χ1v) is 9.66. The van der Waals surface area contributed by atoms with Crippen LogP contribution in [0.1, 0.15) is 15.2 Å². The molecule has 25 heavy (non-hydrogen) atoms. The molecule has 0 saturated carbocycles. The number of aromatic nitrogens is 1. The van der Waals surface area contributed by atoms with E-state index in [1.54, 1.807) is 36.5 Å². The molecule has 0 aliphatic heterocycles. The van der Waals surface area contributed by atoms with E-state index in [4.69, 9.17) is 0 Å². The van der Waals surface area contributed by atoms with Crippen LogP contribution in [0.2, 0.25) is 0 Å². The Bertz CT molecular complexity index is 981. The number of amides is 1. The van der Waals surface area contributed by atoms with Gasteiger partial charge < -0.3 is 0 Å². The van der Waals surface area contributed by atoms with Crippen molar-refractivity contribution in [2.24, 2.45) is 0 Å². The third kappa shape index (κ3) is 4.23. The lowest BCUT2D eigenvalue weighted by Gasteiger charge is -2.08. The third-order valence-electron chi connectivity index (χ3n) is 3.29. The Morgan fingerprint density at radius 2 is 1.72 bits per heavy atom. The number of carbonyl (C=O) groups is 1. The molecule has 0 aliphatic rings. The molecule has 0 unspecified atom stereocenters. The molecule has 2 aromatic carbocycles. The van der Waals surface area contributed by atoms with Crippen LogP contribution in [-0.2, 0) is 10.0 Å². The van der Waals surface area contributed by atoms with E-state index < -0.39 is 10.0 Å². The molecular formula is C17H15N3O3S2. The second kappa shape index (κ2) is 7.04. The summed E-state index contributed by atoms with van der Waals surface area (Å²) in [6.45, 7) is 1.90. The molecule has 6 nitrogen and oxygen atoms in total. The van der Waals surface area contributed by atoms with Crippen LogP contribution in [0, 0.1) is 6.92 Å². The first-order chi connectivity index (χ1) is 11.9. The zero-order valence-corrected chi connectivity index (χ0v) is 14.9. The highest BCUT2D eigenvalue weighted by molar-refractivity contribution is 7.92. The molecule has 0 atom stereocenters. The van der Waals surface area contributed by atoms with E-state index in [2.05, 4.69) is 15.0 Å². The molecule has 2 N–H and O–H groups in total. The van der Waals surface area contributed by atoms with Crippen molar-refractivity contribution in [1.29, 1.82) is 0 Å². The molecule has 8 heteroatoms. The van der Waals surface area contributed by atoms with Crippen LogP contribution in [0.4, 0.5) is 10.8 Å². The summed E-state index contributed by atoms with van der Waals surface area (Å²) in [5, 5.41) is 3.19. The van der Waals surface area contributed by atoms with Crippen molar-refractivity contribution in [1.82, 2.24) is 4.98 Å². The van der Waals surface area contributed by atoms with Crippen LogP contribution in [0.5, 0.6) is 0 Å². The number of para-hydroxylation sites is 1. The van der Waals surface area contributed by atoms with E-state index in [0.717, 1.165) is 4.88 Å². The summed E-state index contributed by atoms with van der Waals surface area (Å²) in [5.41, 5.74) is 0.829. The number of aryl methyl sites for hydroxylation is 1. The topological polar surface area (TPSA) is 88.2 Å². The second-order valence-electron chi connectivity index (χ2n) is 5.23. The highest BCUT2D eigenvalue weighted by atomic mass is 32.2. The molecule has 3 aromatic rings. The summed E-state index contributed by atoms with van der Waals surface area (Å²) in [6.07, 6.45) is 1.67. The fourth-order valence-electron chi connectivity index (χ4n) is 2.09. The van der Waals surface area contributed by atoms with E-state index in [-0.39, 0.29) is 10.8 Å². The van der Waals surface area contributed by atoms with E-state index in [0.29, 0.717) is 16.4 Å². The molecule has 0 radical (unpaired) electrons. The predicted molar refractivity (Wildman–Crippen MR) is 98.5 cm³/mol. The highest BCUT2D eigenvalue weighted by Crippen LogP contribution is 2.19. The van der Waals surface area contributed by atoms with Crippen LogP contribution in [0.3, 0.4) is 0 Å². The predicted octanol–water partition coefficient (Wildman–Crippen LogP) is 3.50. The molecule has 0 aliphatic carbocycles. The normalized spacial score (nSPS) is 11.1. The molecule has 1 heterocycles. The molecule has 1 aromatic heterocycles. The Balaban J connectivity index is 1.74. The minimum Gasteiger partial charge on any atom is -0.298 e. The van der Waals surface area contributed by atoms with Crippen LogP contribution in [-0.4, -0.2) is 19.3 Å². The lowest BCUT2D eigenvalue weighted by Crippen LogP contribution is -2.14. The molecule has 0 fully saturated rings. The van der Waals surface area contributed by atoms with Gasteiger partial charge in [-0.15, -0.1) is 11.3 Å². The number of anilines is 2. The number of hydrogen-bond acceptors (Lipinski definition) is 5. The van der Waals surface area contributed by atoms with Crippen molar-refractivity contribution in [2.45, 2.75) is 11.8 Å². The maximum atomic E-state index is 12.4. The Hall–Kier alpha value is -2.71. The Morgan fingerprint density at radius 1 is 1.04 bits per heavy atom. The molecule has 0 bridgehead atoms. The average Bonchev–Trinajstić information content (AvgIpc) is 3.00. The van der Waals surface area contributed by atoms with Crippen LogP contribution in [0.15, 0.2) is 65.7 Å². The van der Waals surface area contributed by atoms with Crippen LogP contribution < -0.4 is 10.0 Å². The molecule has 1 amide bonds. The van der Waals surface area contributed by atoms with Crippen LogP contribution >= 0.6 is 11.3 Å². The second-order valence-corrected chi connectivity index (χ2v) is 8.14. The number of hydrogen-bond donors (Lipinski definition) is 2. The van der Waals surface area contributed by atoms with Gasteiger partial charge >= 0.3 is 0 Å². The summed E-state index contributed by atoms with van der Waals surface area (Å²) >= 11 is 1.37. The van der Waals surface area contributed by atoms with Gasteiger partial charge in [0, 0.05) is 22.3 Å². The van der Waals surface area contributed by atoms with E-state index >= 15 is 0 Å². The van der Waals surface area contributed by atoms with Gasteiger partial charge in [-0.3, -0.25) is 14.8 Å². The summed E-state index contributed by atoms with van der Waals surface area (Å²) in [7, 11) is -3.70. The van der Waals surface area contributed by atoms with Gasteiger partial charge in [-0.25, -0.2) is 13.4 Å². The first kappa shape index (κ1) is 17.1. The van der Waals surface area contributed by atoms with E-state index in [9.17, 15) is 13.2 Å². The molecule has 128 valence electrons. The van der Waals surface area contributed by atoms with Gasteiger partial charge in [-0.05, 0) is 43.3 Å². The number of nitrogens with zero attached hydrogens (tertiary/aromatic N) is 1. The SMILES string of the molecule is Cc1cnc(NC(=O)c2ccc(S(=O)(=O)Nc3ccccc3)cc2)s1. The highest BCUT2D eigenvalue weighted by Gasteiger charge is 2.15. The van der Waals surface area contributed by atoms with Gasteiger partial charge in [0.15, 0.2) is 5.13 Å². The molecule has 3 rings (SSSR count). The Labute approximate surface area is 149 Å². The van der Waals surface area contributed by atoms with E-state index in [1.807, 2.05) is 6.92 Å². The number of nitrogens with one attached hydrogen (secondary N) is 2. The number of thiazole rings is 1. The fourth-order valence-corrected chi connectivity index (χ4v) is 3.81. The standard InChI is InChI=1S/C17H15N3O3S2/c1-12-11-18-17(24-12)19-16(21)13-7-9-15(10-8-13)25(22,23)20-14-5-3-2-4-6-14/h2-11,20H,1H3,(H,18,19,21). The molecular weight excluding hydrogens is 358 g/mol. The van der Waals surface area contributed by atoms with Gasteiger partial charge in [0.25, 0.3) is 15.9 Å². The first-order valence-electron chi connectivity index (χ1n) is 7.36. The average molecular weight is 373 g/mol. The van der Waals surface area contributed by atoms with Crippen molar-refractivity contribution >= 4 is 38.1 Å². The van der Waals surface area contributed by atoms with Gasteiger partial charge in [0.2, 0.25) is 0 Å². The van der Waals surface area contributed by atoms with Gasteiger partial charge in [0.05, 0.1) is 4.90 Å². The van der Waals surface area contributed by atoms with Crippen molar-refractivity contribution in [2.75, 3.05) is 10.0 Å². The quantitative estimate of drug-likeness (QED) is 0.716. The van der Waals surface area contributed by atoms with Gasteiger partial charge in [0.1, 0.15) is 0 Å². The van der Waals surface area contributed by atoms with Crippen molar-refractivity contribution in [3.63, 3.8) is 0 Å². The summed E-state index contributed by atoms with van der Waals surface area (Å²) in [6, 6.07) is 14.3. The third-order valence-corrected chi connectivity index (χ3v) is 5.52. The maximum absolute atomic E-state index is 12.4.